The fourth-order valence-corrected chi connectivity index (χ4v) is 1.80. The predicted molar refractivity (Wildman–Crippen MR) is 83.5 cm³/mol. The fourth-order valence-electron chi connectivity index (χ4n) is 1.80. The monoisotopic (exact) mass is 307 g/mol. The molecule has 120 valence electrons. The number of carboxylic acids is 2. The molecule has 0 spiro atoms. The van der Waals surface area contributed by atoms with E-state index in [4.69, 9.17) is 21.7 Å². The van der Waals surface area contributed by atoms with Crippen LogP contribution in [0.25, 0.3) is 10.9 Å². The van der Waals surface area contributed by atoms with Crippen LogP contribution >= 0.6 is 0 Å². The topological polar surface area (TPSA) is 142 Å². The van der Waals surface area contributed by atoms with E-state index in [9.17, 15) is 9.59 Å². The molecule has 2 aromatic rings. The van der Waals surface area contributed by atoms with E-state index in [0.29, 0.717) is 12.8 Å². The van der Waals surface area contributed by atoms with Crippen molar-refractivity contribution in [2.24, 2.45) is 11.5 Å². The summed E-state index contributed by atoms with van der Waals surface area (Å²) < 4.78 is 0. The summed E-state index contributed by atoms with van der Waals surface area (Å²) in [5.41, 5.74) is 12.5. The molecule has 0 fully saturated rings. The van der Waals surface area contributed by atoms with Crippen molar-refractivity contribution < 1.29 is 19.8 Å². The second kappa shape index (κ2) is 8.16. The Hall–Kier alpha value is -2.38. The van der Waals surface area contributed by atoms with Gasteiger partial charge in [-0.25, -0.2) is 0 Å². The van der Waals surface area contributed by atoms with Crippen LogP contribution < -0.4 is 11.5 Å². The van der Waals surface area contributed by atoms with Crippen molar-refractivity contribution in [2.75, 3.05) is 0 Å². The number of benzene rings is 1. The van der Waals surface area contributed by atoms with Crippen molar-refractivity contribution in [3.63, 3.8) is 0 Å². The quantitative estimate of drug-likeness (QED) is 0.556. The van der Waals surface area contributed by atoms with E-state index in [0.717, 1.165) is 16.5 Å². The first-order chi connectivity index (χ1) is 10.4. The molecule has 0 aliphatic heterocycles. The highest BCUT2D eigenvalue weighted by atomic mass is 16.4. The van der Waals surface area contributed by atoms with Crippen molar-refractivity contribution in [3.05, 3.63) is 36.0 Å². The van der Waals surface area contributed by atoms with Crippen LogP contribution in [-0.2, 0) is 16.0 Å². The number of aliphatic carboxylic acids is 2. The number of carboxylic acid groups (broad SMARTS) is 2. The Balaban J connectivity index is 0.000000295. The van der Waals surface area contributed by atoms with Gasteiger partial charge in [0.15, 0.2) is 0 Å². The molecule has 1 aromatic carbocycles. The third kappa shape index (κ3) is 4.87. The van der Waals surface area contributed by atoms with Gasteiger partial charge in [0, 0.05) is 23.5 Å². The number of rotatable bonds is 5. The summed E-state index contributed by atoms with van der Waals surface area (Å²) >= 11 is 0. The van der Waals surface area contributed by atoms with Crippen LogP contribution in [0.15, 0.2) is 30.5 Å². The van der Waals surface area contributed by atoms with Crippen LogP contribution in [0.4, 0.5) is 0 Å². The van der Waals surface area contributed by atoms with Crippen molar-refractivity contribution in [1.29, 1.82) is 0 Å². The minimum absolute atomic E-state index is 0.347. The molecule has 0 aliphatic carbocycles. The van der Waals surface area contributed by atoms with E-state index < -0.39 is 24.0 Å². The average Bonchev–Trinajstić information content (AvgIpc) is 2.90. The first-order valence-corrected chi connectivity index (χ1v) is 6.88. The molecule has 0 bridgehead atoms. The maximum atomic E-state index is 10.6. The smallest absolute Gasteiger partial charge is 0.320 e. The van der Waals surface area contributed by atoms with Gasteiger partial charge >= 0.3 is 11.9 Å². The highest BCUT2D eigenvalue weighted by Gasteiger charge is 2.14. The van der Waals surface area contributed by atoms with Crippen molar-refractivity contribution in [2.45, 2.75) is 31.8 Å². The molecule has 1 unspecified atom stereocenters. The van der Waals surface area contributed by atoms with Crippen LogP contribution in [0.2, 0.25) is 0 Å². The minimum Gasteiger partial charge on any atom is -0.480 e. The van der Waals surface area contributed by atoms with Gasteiger partial charge in [0.05, 0.1) is 0 Å². The number of nitrogens with two attached hydrogens (primary N) is 2. The molecule has 2 rings (SSSR count). The third-order valence-electron chi connectivity index (χ3n) is 3.19. The molecular formula is C15H21N3O4. The number of hydrogen-bond acceptors (Lipinski definition) is 4. The Morgan fingerprint density at radius 2 is 1.73 bits per heavy atom. The zero-order chi connectivity index (χ0) is 16.7. The van der Waals surface area contributed by atoms with Gasteiger partial charge in [-0.3, -0.25) is 9.59 Å². The molecule has 7 N–H and O–H groups in total. The van der Waals surface area contributed by atoms with Crippen molar-refractivity contribution >= 4 is 22.8 Å². The van der Waals surface area contributed by atoms with E-state index >= 15 is 0 Å². The summed E-state index contributed by atoms with van der Waals surface area (Å²) in [5.74, 6) is -1.90. The summed E-state index contributed by atoms with van der Waals surface area (Å²) in [5, 5.41) is 17.8. The molecule has 7 heteroatoms. The Labute approximate surface area is 127 Å². The Morgan fingerprint density at radius 3 is 2.23 bits per heavy atom. The molecule has 1 aromatic heterocycles. The van der Waals surface area contributed by atoms with E-state index in [1.54, 1.807) is 6.92 Å². The lowest BCUT2D eigenvalue weighted by molar-refractivity contribution is -0.139. The van der Waals surface area contributed by atoms with Gasteiger partial charge in [0.25, 0.3) is 0 Å². The molecular weight excluding hydrogens is 286 g/mol. The normalized spacial score (nSPS) is 13.0. The van der Waals surface area contributed by atoms with Crippen molar-refractivity contribution in [3.8, 4) is 0 Å². The van der Waals surface area contributed by atoms with Gasteiger partial charge < -0.3 is 26.7 Å². The van der Waals surface area contributed by atoms with Crippen LogP contribution in [-0.4, -0.2) is 39.2 Å². The lowest BCUT2D eigenvalue weighted by atomic mass is 10.1. The van der Waals surface area contributed by atoms with Gasteiger partial charge in [0.2, 0.25) is 0 Å². The van der Waals surface area contributed by atoms with Crippen molar-refractivity contribution in [1.82, 2.24) is 4.98 Å². The highest BCUT2D eigenvalue weighted by molar-refractivity contribution is 5.84. The van der Waals surface area contributed by atoms with Gasteiger partial charge in [-0.15, -0.1) is 0 Å². The van der Waals surface area contributed by atoms with Crippen LogP contribution in [0, 0.1) is 0 Å². The number of H-pyrrole nitrogens is 1. The molecule has 0 amide bonds. The number of fused-ring (bicyclic) bond motifs is 1. The van der Waals surface area contributed by atoms with Gasteiger partial charge in [-0.2, -0.15) is 0 Å². The van der Waals surface area contributed by atoms with E-state index in [-0.39, 0.29) is 0 Å². The lowest BCUT2D eigenvalue weighted by Gasteiger charge is -2.04. The SMILES string of the molecule is CCC(N)C(=O)O.N[C@H](Cc1c[nH]c2ccccc12)C(=O)O. The summed E-state index contributed by atoms with van der Waals surface area (Å²) in [6, 6.07) is 6.23. The largest absolute Gasteiger partial charge is 0.480 e. The van der Waals surface area contributed by atoms with Crippen LogP contribution in [0.5, 0.6) is 0 Å². The predicted octanol–water partition coefficient (Wildman–Crippen LogP) is 0.931. The molecule has 1 heterocycles. The van der Waals surface area contributed by atoms with E-state index in [1.807, 2.05) is 30.5 Å². The first kappa shape index (κ1) is 17.7. The molecule has 0 aliphatic rings. The van der Waals surface area contributed by atoms with Crippen LogP contribution in [0.3, 0.4) is 0 Å². The fraction of sp³-hybridized carbons (Fsp3) is 0.333. The molecule has 2 atom stereocenters. The Kier molecular flexibility index (Phi) is 6.55. The van der Waals surface area contributed by atoms with E-state index in [2.05, 4.69) is 4.98 Å². The maximum Gasteiger partial charge on any atom is 0.320 e. The Morgan fingerprint density at radius 1 is 1.14 bits per heavy atom. The van der Waals surface area contributed by atoms with Crippen LogP contribution in [0.1, 0.15) is 18.9 Å². The van der Waals surface area contributed by atoms with Gasteiger partial charge in [-0.1, -0.05) is 25.1 Å². The number of nitrogens with one attached hydrogen (secondary N) is 1. The molecule has 7 nitrogen and oxygen atoms in total. The standard InChI is InChI=1S/C11H12N2O2.C4H9NO2/c12-9(11(14)15)5-7-6-13-10-4-2-1-3-8(7)10;1-2-3(5)4(6)7/h1-4,6,9,13H,5,12H2,(H,14,15);3H,2,5H2,1H3,(H,6,7)/t9-;/m1./s1. The number of hydrogen-bond donors (Lipinski definition) is 5. The molecule has 22 heavy (non-hydrogen) atoms. The van der Waals surface area contributed by atoms with Gasteiger partial charge in [0.1, 0.15) is 12.1 Å². The molecule has 0 saturated heterocycles. The molecule has 0 saturated carbocycles. The minimum atomic E-state index is -0.972. The first-order valence-electron chi connectivity index (χ1n) is 6.88. The zero-order valence-corrected chi connectivity index (χ0v) is 12.3. The maximum absolute atomic E-state index is 10.6. The zero-order valence-electron chi connectivity index (χ0n) is 12.3. The number of para-hydroxylation sites is 1. The van der Waals surface area contributed by atoms with Gasteiger partial charge in [-0.05, 0) is 18.1 Å². The molecule has 0 radical (unpaired) electrons. The Bertz CT molecular complexity index is 639. The summed E-state index contributed by atoms with van der Waals surface area (Å²) in [7, 11) is 0. The average molecular weight is 307 g/mol. The second-order valence-electron chi connectivity index (χ2n) is 4.86. The lowest BCUT2D eigenvalue weighted by Crippen LogP contribution is -2.32. The second-order valence-corrected chi connectivity index (χ2v) is 4.86. The summed E-state index contributed by atoms with van der Waals surface area (Å²) in [6.07, 6.45) is 2.65. The number of carbonyl (C=O) groups is 2. The third-order valence-corrected chi connectivity index (χ3v) is 3.19. The number of aromatic nitrogens is 1. The summed E-state index contributed by atoms with van der Waals surface area (Å²) in [6.45, 7) is 1.73. The number of aromatic amines is 1. The summed E-state index contributed by atoms with van der Waals surface area (Å²) in [4.78, 5) is 23.5. The highest BCUT2D eigenvalue weighted by Crippen LogP contribution is 2.18. The van der Waals surface area contributed by atoms with E-state index in [1.165, 1.54) is 0 Å².